The molecule has 0 aromatic heterocycles. The Bertz CT molecular complexity index is 339. The Morgan fingerprint density at radius 3 is 2.90 bits per heavy atom. The van der Waals surface area contributed by atoms with E-state index in [0.29, 0.717) is 6.17 Å². The predicted octanol–water partition coefficient (Wildman–Crippen LogP) is 2.77. The molecule has 1 aliphatic heterocycles. The second kappa shape index (κ2) is 6.90. The Hall–Kier alpha value is -0.610. The largest absolute Gasteiger partial charge is 0.291 e. The van der Waals surface area contributed by atoms with Crippen molar-refractivity contribution < 1.29 is 0 Å². The van der Waals surface area contributed by atoms with Crippen LogP contribution in [0.2, 0.25) is 0 Å². The lowest BCUT2D eigenvalue weighted by Gasteiger charge is -2.41. The van der Waals surface area contributed by atoms with Gasteiger partial charge >= 0.3 is 0 Å². The van der Waals surface area contributed by atoms with E-state index < -0.39 is 0 Å². The highest BCUT2D eigenvalue weighted by Gasteiger charge is 2.34. The molecule has 0 radical (unpaired) electrons. The fourth-order valence-corrected chi connectivity index (χ4v) is 4.07. The third kappa shape index (κ3) is 3.53. The van der Waals surface area contributed by atoms with Crippen molar-refractivity contribution in [2.24, 2.45) is 22.9 Å². The van der Waals surface area contributed by atoms with Crippen molar-refractivity contribution in [3.05, 3.63) is 0 Å². The van der Waals surface area contributed by atoms with Gasteiger partial charge < -0.3 is 0 Å². The van der Waals surface area contributed by atoms with Gasteiger partial charge in [-0.3, -0.25) is 10.9 Å². The molecule has 0 bridgehead atoms. The zero-order chi connectivity index (χ0) is 13.8. The van der Waals surface area contributed by atoms with E-state index in [0.717, 1.165) is 24.3 Å². The number of fused-ring (bicyclic) bond motifs is 1. The number of hydrogen-bond donors (Lipinski definition) is 3. The van der Waals surface area contributed by atoms with Gasteiger partial charge in [-0.2, -0.15) is 5.10 Å². The monoisotopic (exact) mass is 278 g/mol. The van der Waals surface area contributed by atoms with E-state index >= 15 is 0 Å². The molecule has 114 valence electrons. The number of nitrogens with zero attached hydrogens (tertiary/aromatic N) is 1. The average molecular weight is 278 g/mol. The third-order valence-corrected chi connectivity index (χ3v) is 5.47. The van der Waals surface area contributed by atoms with Crippen LogP contribution in [0.4, 0.5) is 0 Å². The van der Waals surface area contributed by atoms with E-state index in [1.807, 2.05) is 0 Å². The molecule has 4 unspecified atom stereocenters. The summed E-state index contributed by atoms with van der Waals surface area (Å²) in [5.74, 6) is 2.45. The standard InChI is InChI=1S/C16H30N4/c1-12-5-4-7-14(10-9-12)18-20-16-15-8-3-2-6-13(15)11-17-19-16/h12-13,15-17,19-20H,2-11H2,1H3/b18-14+. The quantitative estimate of drug-likeness (QED) is 0.538. The Morgan fingerprint density at radius 2 is 1.95 bits per heavy atom. The fourth-order valence-electron chi connectivity index (χ4n) is 4.07. The van der Waals surface area contributed by atoms with Crippen LogP contribution in [0.5, 0.6) is 0 Å². The van der Waals surface area contributed by atoms with Crippen LogP contribution in [-0.4, -0.2) is 18.4 Å². The molecule has 20 heavy (non-hydrogen) atoms. The first kappa shape index (κ1) is 14.3. The van der Waals surface area contributed by atoms with Crippen LogP contribution < -0.4 is 16.3 Å². The van der Waals surface area contributed by atoms with Crippen LogP contribution in [0.3, 0.4) is 0 Å². The van der Waals surface area contributed by atoms with Gasteiger partial charge in [0.2, 0.25) is 0 Å². The molecule has 3 N–H and O–H groups in total. The molecule has 4 atom stereocenters. The van der Waals surface area contributed by atoms with Crippen LogP contribution >= 0.6 is 0 Å². The van der Waals surface area contributed by atoms with E-state index in [9.17, 15) is 0 Å². The van der Waals surface area contributed by atoms with Gasteiger partial charge in [-0.1, -0.05) is 26.2 Å². The normalized spacial score (nSPS) is 41.0. The fraction of sp³-hybridized carbons (Fsp3) is 0.938. The van der Waals surface area contributed by atoms with Crippen LogP contribution in [0, 0.1) is 17.8 Å². The van der Waals surface area contributed by atoms with Crippen molar-refractivity contribution in [1.29, 1.82) is 0 Å². The SMILES string of the molecule is CC1CCC/C(=N\NC2NNCC3CCCCC32)CC1. The molecule has 1 saturated heterocycles. The zero-order valence-electron chi connectivity index (χ0n) is 12.8. The molecule has 4 nitrogen and oxygen atoms in total. The molecule has 3 aliphatic rings. The maximum absolute atomic E-state index is 4.76. The summed E-state index contributed by atoms with van der Waals surface area (Å²) in [6.45, 7) is 3.49. The Labute approximate surface area is 123 Å². The third-order valence-electron chi connectivity index (χ3n) is 5.47. The summed E-state index contributed by atoms with van der Waals surface area (Å²) in [4.78, 5) is 0. The lowest BCUT2D eigenvalue weighted by Crippen LogP contribution is -2.61. The van der Waals surface area contributed by atoms with Crippen LogP contribution in [0.1, 0.15) is 64.7 Å². The van der Waals surface area contributed by atoms with E-state index in [2.05, 4.69) is 23.2 Å². The van der Waals surface area contributed by atoms with Crippen molar-refractivity contribution in [2.45, 2.75) is 70.9 Å². The van der Waals surface area contributed by atoms with Gasteiger partial charge in [-0.05, 0) is 56.3 Å². The highest BCUT2D eigenvalue weighted by atomic mass is 15.5. The summed E-state index contributed by atoms with van der Waals surface area (Å²) in [5, 5.41) is 4.76. The van der Waals surface area contributed by atoms with E-state index in [4.69, 9.17) is 5.10 Å². The Balaban J connectivity index is 1.56. The second-order valence-electron chi connectivity index (χ2n) is 7.05. The highest BCUT2D eigenvalue weighted by molar-refractivity contribution is 5.84. The number of hydrazine groups is 1. The van der Waals surface area contributed by atoms with E-state index in [-0.39, 0.29) is 0 Å². The summed E-state index contributed by atoms with van der Waals surface area (Å²) in [7, 11) is 0. The lowest BCUT2D eigenvalue weighted by atomic mass is 9.77. The summed E-state index contributed by atoms with van der Waals surface area (Å²) < 4.78 is 0. The minimum Gasteiger partial charge on any atom is -0.291 e. The van der Waals surface area contributed by atoms with Gasteiger partial charge in [-0.15, -0.1) is 0 Å². The van der Waals surface area contributed by atoms with Gasteiger partial charge in [0.1, 0.15) is 6.17 Å². The second-order valence-corrected chi connectivity index (χ2v) is 7.05. The molecule has 2 aliphatic carbocycles. The highest BCUT2D eigenvalue weighted by Crippen LogP contribution is 2.32. The van der Waals surface area contributed by atoms with Crippen molar-refractivity contribution in [3.63, 3.8) is 0 Å². The first-order chi connectivity index (χ1) is 9.83. The van der Waals surface area contributed by atoms with Crippen molar-refractivity contribution >= 4 is 5.71 Å². The summed E-state index contributed by atoms with van der Waals surface area (Å²) in [5.41, 5.74) is 11.6. The molecular formula is C16H30N4. The summed E-state index contributed by atoms with van der Waals surface area (Å²) in [6.07, 6.45) is 12.2. The first-order valence-electron chi connectivity index (χ1n) is 8.62. The molecule has 2 saturated carbocycles. The minimum atomic E-state index is 0.322. The molecular weight excluding hydrogens is 248 g/mol. The summed E-state index contributed by atoms with van der Waals surface area (Å²) >= 11 is 0. The average Bonchev–Trinajstić information content (AvgIpc) is 2.70. The smallest absolute Gasteiger partial charge is 0.109 e. The number of hydrogen-bond acceptors (Lipinski definition) is 4. The zero-order valence-corrected chi connectivity index (χ0v) is 12.8. The lowest BCUT2D eigenvalue weighted by molar-refractivity contribution is 0.0994. The van der Waals surface area contributed by atoms with Gasteiger partial charge in [0.25, 0.3) is 0 Å². The van der Waals surface area contributed by atoms with Crippen molar-refractivity contribution in [2.75, 3.05) is 6.54 Å². The van der Waals surface area contributed by atoms with Crippen molar-refractivity contribution in [1.82, 2.24) is 16.3 Å². The Morgan fingerprint density at radius 1 is 1.05 bits per heavy atom. The molecule has 3 rings (SSSR count). The molecule has 0 aromatic rings. The van der Waals surface area contributed by atoms with Crippen LogP contribution in [0.15, 0.2) is 5.10 Å². The topological polar surface area (TPSA) is 48.5 Å². The number of hydrazone groups is 1. The van der Waals surface area contributed by atoms with E-state index in [1.54, 1.807) is 0 Å². The van der Waals surface area contributed by atoms with Crippen LogP contribution in [-0.2, 0) is 0 Å². The van der Waals surface area contributed by atoms with Gasteiger partial charge in [0, 0.05) is 12.3 Å². The van der Waals surface area contributed by atoms with Gasteiger partial charge in [0.15, 0.2) is 0 Å². The molecule has 4 heteroatoms. The molecule has 3 fully saturated rings. The molecule has 0 aromatic carbocycles. The van der Waals surface area contributed by atoms with Crippen LogP contribution in [0.25, 0.3) is 0 Å². The van der Waals surface area contributed by atoms with Gasteiger partial charge in [0.05, 0.1) is 0 Å². The maximum atomic E-state index is 4.76. The summed E-state index contributed by atoms with van der Waals surface area (Å²) in [6, 6.07) is 0. The van der Waals surface area contributed by atoms with Gasteiger partial charge in [-0.25, -0.2) is 5.43 Å². The number of nitrogens with one attached hydrogen (secondary N) is 3. The molecule has 0 spiro atoms. The molecule has 1 heterocycles. The first-order valence-corrected chi connectivity index (χ1v) is 8.62. The predicted molar refractivity (Wildman–Crippen MR) is 83.2 cm³/mol. The number of rotatable bonds is 2. The minimum absolute atomic E-state index is 0.322. The molecule has 0 amide bonds. The Kier molecular flexibility index (Phi) is 4.94. The van der Waals surface area contributed by atoms with E-state index in [1.165, 1.54) is 63.5 Å². The van der Waals surface area contributed by atoms with Crippen molar-refractivity contribution in [3.8, 4) is 0 Å². The maximum Gasteiger partial charge on any atom is 0.109 e.